The molecule has 0 saturated carbocycles. The highest BCUT2D eigenvalue weighted by Gasteiger charge is 2.30. The summed E-state index contributed by atoms with van der Waals surface area (Å²) in [6.07, 6.45) is 4.34. The monoisotopic (exact) mass is 368 g/mol. The van der Waals surface area contributed by atoms with E-state index >= 15 is 0 Å². The van der Waals surface area contributed by atoms with Gasteiger partial charge in [-0.2, -0.15) is 0 Å². The third kappa shape index (κ3) is 4.44. The lowest BCUT2D eigenvalue weighted by molar-refractivity contribution is -0.138. The molecule has 0 aromatic heterocycles. The molecule has 0 radical (unpaired) electrons. The Morgan fingerprint density at radius 1 is 1.12 bits per heavy atom. The van der Waals surface area contributed by atoms with Crippen molar-refractivity contribution in [3.63, 3.8) is 0 Å². The van der Waals surface area contributed by atoms with Crippen LogP contribution in [0.5, 0.6) is 0 Å². The fourth-order valence-corrected chi connectivity index (χ4v) is 4.20. The number of amides is 1. The number of hydrogen-bond acceptors (Lipinski definition) is 2. The zero-order valence-electron chi connectivity index (χ0n) is 14.3. The smallest absolute Gasteiger partial charge is 0.225 e. The number of benzene rings is 1. The summed E-state index contributed by atoms with van der Waals surface area (Å²) in [4.78, 5) is 17.2. The first-order valence-corrected chi connectivity index (χ1v) is 9.73. The predicted octanol–water partition coefficient (Wildman–Crippen LogP) is 4.46. The van der Waals surface area contributed by atoms with Crippen molar-refractivity contribution in [3.05, 3.63) is 33.8 Å². The molecule has 0 bridgehead atoms. The summed E-state index contributed by atoms with van der Waals surface area (Å²) in [5, 5.41) is 1.21. The van der Waals surface area contributed by atoms with E-state index in [0.717, 1.165) is 52.0 Å². The highest BCUT2D eigenvalue weighted by molar-refractivity contribution is 6.42. The van der Waals surface area contributed by atoms with Crippen LogP contribution in [0.25, 0.3) is 0 Å². The highest BCUT2D eigenvalue weighted by Crippen LogP contribution is 2.26. The van der Waals surface area contributed by atoms with Crippen LogP contribution in [-0.4, -0.2) is 41.9 Å². The predicted molar refractivity (Wildman–Crippen MR) is 99.4 cm³/mol. The number of hydrogen-bond donors (Lipinski definition) is 0. The molecule has 2 heterocycles. The number of rotatable bonds is 3. The van der Waals surface area contributed by atoms with Crippen LogP contribution in [-0.2, 0) is 11.3 Å². The summed E-state index contributed by atoms with van der Waals surface area (Å²) in [5.41, 5.74) is 1.18. The lowest BCUT2D eigenvalue weighted by atomic mass is 9.92. The number of halogens is 2. The molecule has 1 aromatic carbocycles. The lowest BCUT2D eigenvalue weighted by Crippen LogP contribution is -2.45. The Bertz CT molecular complexity index is 585. The molecule has 132 valence electrons. The van der Waals surface area contributed by atoms with Gasteiger partial charge in [-0.15, -0.1) is 0 Å². The highest BCUT2D eigenvalue weighted by atomic mass is 35.5. The van der Waals surface area contributed by atoms with Crippen molar-refractivity contribution in [1.29, 1.82) is 0 Å². The third-order valence-corrected chi connectivity index (χ3v) is 6.03. The van der Waals surface area contributed by atoms with Gasteiger partial charge in [-0.25, -0.2) is 0 Å². The first kappa shape index (κ1) is 18.0. The summed E-state index contributed by atoms with van der Waals surface area (Å²) in [6.45, 7) is 6.97. The standard InChI is InChI=1S/C19H26Cl2N2O/c1-14-3-2-8-23(12-14)19(24)16-6-9-22(10-7-16)13-15-4-5-17(20)18(21)11-15/h4-5,11,14,16H,2-3,6-10,12-13H2,1H3/t14-/m1/s1. The van der Waals surface area contributed by atoms with E-state index in [9.17, 15) is 4.79 Å². The van der Waals surface area contributed by atoms with Crippen molar-refractivity contribution >= 4 is 29.1 Å². The number of carbonyl (C=O) groups is 1. The van der Waals surface area contributed by atoms with Crippen LogP contribution in [0.3, 0.4) is 0 Å². The number of carbonyl (C=O) groups excluding carboxylic acids is 1. The Morgan fingerprint density at radius 2 is 1.88 bits per heavy atom. The van der Waals surface area contributed by atoms with Crippen LogP contribution < -0.4 is 0 Å². The van der Waals surface area contributed by atoms with Gasteiger partial charge in [-0.1, -0.05) is 36.2 Å². The minimum Gasteiger partial charge on any atom is -0.342 e. The zero-order chi connectivity index (χ0) is 17.1. The third-order valence-electron chi connectivity index (χ3n) is 5.30. The van der Waals surface area contributed by atoms with Crippen molar-refractivity contribution in [3.8, 4) is 0 Å². The quantitative estimate of drug-likeness (QED) is 0.785. The average Bonchev–Trinajstić information content (AvgIpc) is 2.58. The van der Waals surface area contributed by atoms with Crippen molar-refractivity contribution in [2.24, 2.45) is 11.8 Å². The number of nitrogens with zero attached hydrogens (tertiary/aromatic N) is 2. The summed E-state index contributed by atoms with van der Waals surface area (Å²) < 4.78 is 0. The van der Waals surface area contributed by atoms with Gasteiger partial charge in [0.2, 0.25) is 5.91 Å². The second-order valence-corrected chi connectivity index (χ2v) is 8.14. The van der Waals surface area contributed by atoms with Crippen molar-refractivity contribution in [2.75, 3.05) is 26.2 Å². The molecule has 2 fully saturated rings. The van der Waals surface area contributed by atoms with Crippen molar-refractivity contribution in [1.82, 2.24) is 9.80 Å². The van der Waals surface area contributed by atoms with E-state index in [4.69, 9.17) is 23.2 Å². The van der Waals surface area contributed by atoms with Crippen LogP contribution in [0.15, 0.2) is 18.2 Å². The van der Waals surface area contributed by atoms with E-state index in [1.165, 1.54) is 12.0 Å². The Hall–Kier alpha value is -0.770. The Morgan fingerprint density at radius 3 is 2.54 bits per heavy atom. The first-order valence-electron chi connectivity index (χ1n) is 8.98. The second kappa shape index (κ2) is 8.07. The summed E-state index contributed by atoms with van der Waals surface area (Å²) >= 11 is 12.1. The van der Waals surface area contributed by atoms with Gasteiger partial charge in [0, 0.05) is 25.6 Å². The Kier molecular flexibility index (Phi) is 6.07. The van der Waals surface area contributed by atoms with Crippen LogP contribution in [0, 0.1) is 11.8 Å². The molecule has 2 saturated heterocycles. The van der Waals surface area contributed by atoms with Gasteiger partial charge in [0.25, 0.3) is 0 Å². The van der Waals surface area contributed by atoms with Gasteiger partial charge in [0.1, 0.15) is 0 Å². The van der Waals surface area contributed by atoms with Gasteiger partial charge in [0.15, 0.2) is 0 Å². The topological polar surface area (TPSA) is 23.6 Å². The molecule has 0 unspecified atom stereocenters. The molecule has 2 aliphatic heterocycles. The second-order valence-electron chi connectivity index (χ2n) is 7.33. The maximum Gasteiger partial charge on any atom is 0.225 e. The molecule has 0 aliphatic carbocycles. The van der Waals surface area contributed by atoms with Gasteiger partial charge >= 0.3 is 0 Å². The summed E-state index contributed by atoms with van der Waals surface area (Å²) in [5.74, 6) is 1.24. The zero-order valence-corrected chi connectivity index (χ0v) is 15.8. The molecule has 0 N–H and O–H groups in total. The molecule has 2 aliphatic rings. The molecule has 0 spiro atoms. The molecule has 3 nitrogen and oxygen atoms in total. The Labute approximate surface area is 154 Å². The fraction of sp³-hybridized carbons (Fsp3) is 0.632. The molecule has 1 amide bonds. The van der Waals surface area contributed by atoms with Crippen LogP contribution in [0.4, 0.5) is 0 Å². The normalized spacial score (nSPS) is 23.5. The van der Waals surface area contributed by atoms with Gasteiger partial charge in [-0.05, 0) is 62.4 Å². The summed E-state index contributed by atoms with van der Waals surface area (Å²) in [7, 11) is 0. The minimum absolute atomic E-state index is 0.209. The van der Waals surface area contributed by atoms with Crippen molar-refractivity contribution in [2.45, 2.75) is 39.2 Å². The van der Waals surface area contributed by atoms with Crippen LogP contribution in [0.1, 0.15) is 38.2 Å². The van der Waals surface area contributed by atoms with Gasteiger partial charge in [-0.3, -0.25) is 9.69 Å². The van der Waals surface area contributed by atoms with Gasteiger partial charge in [0.05, 0.1) is 10.0 Å². The molecule has 5 heteroatoms. The SMILES string of the molecule is C[C@@H]1CCCN(C(=O)C2CCN(Cc3ccc(Cl)c(Cl)c3)CC2)C1. The maximum atomic E-state index is 12.7. The van der Waals surface area contributed by atoms with Crippen LogP contribution >= 0.6 is 23.2 Å². The number of likely N-dealkylation sites (tertiary alicyclic amines) is 2. The minimum atomic E-state index is 0.209. The van der Waals surface area contributed by atoms with E-state index in [1.807, 2.05) is 18.2 Å². The molecule has 3 rings (SSSR count). The molecular formula is C19H26Cl2N2O. The summed E-state index contributed by atoms with van der Waals surface area (Å²) in [6, 6.07) is 5.82. The van der Waals surface area contributed by atoms with E-state index in [-0.39, 0.29) is 5.92 Å². The maximum absolute atomic E-state index is 12.7. The van der Waals surface area contributed by atoms with E-state index in [1.54, 1.807) is 0 Å². The van der Waals surface area contributed by atoms with Crippen molar-refractivity contribution < 1.29 is 4.79 Å². The molecular weight excluding hydrogens is 343 g/mol. The molecule has 1 aromatic rings. The Balaban J connectivity index is 1.50. The first-order chi connectivity index (χ1) is 11.5. The van der Waals surface area contributed by atoms with E-state index in [0.29, 0.717) is 21.9 Å². The van der Waals surface area contributed by atoms with Gasteiger partial charge < -0.3 is 4.90 Å². The molecule has 24 heavy (non-hydrogen) atoms. The van der Waals surface area contributed by atoms with Crippen LogP contribution in [0.2, 0.25) is 10.0 Å². The van der Waals surface area contributed by atoms with E-state index in [2.05, 4.69) is 16.7 Å². The largest absolute Gasteiger partial charge is 0.342 e. The number of piperidine rings is 2. The average molecular weight is 369 g/mol. The lowest BCUT2D eigenvalue weighted by Gasteiger charge is -2.37. The van der Waals surface area contributed by atoms with E-state index < -0.39 is 0 Å². The molecule has 1 atom stereocenters. The fourth-order valence-electron chi connectivity index (χ4n) is 3.88.